The lowest BCUT2D eigenvalue weighted by Gasteiger charge is -2.19. The van der Waals surface area contributed by atoms with E-state index in [0.717, 1.165) is 52.5 Å². The molecule has 0 bridgehead atoms. The number of carbonyl (C=O) groups is 2. The van der Waals surface area contributed by atoms with Crippen molar-refractivity contribution in [1.82, 2.24) is 14.8 Å². The van der Waals surface area contributed by atoms with Gasteiger partial charge in [0.05, 0.1) is 17.1 Å². The van der Waals surface area contributed by atoms with Crippen LogP contribution in [0.4, 0.5) is 22.1 Å². The molecule has 1 unspecified atom stereocenters. The summed E-state index contributed by atoms with van der Waals surface area (Å²) in [4.78, 5) is 29.5. The maximum Gasteiger partial charge on any atom is 0.324 e. The van der Waals surface area contributed by atoms with E-state index in [4.69, 9.17) is 14.6 Å². The van der Waals surface area contributed by atoms with Crippen LogP contribution in [-0.4, -0.2) is 40.4 Å². The topological polar surface area (TPSA) is 119 Å². The minimum Gasteiger partial charge on any atom is -0.485 e. The first kappa shape index (κ1) is 31.2. The summed E-state index contributed by atoms with van der Waals surface area (Å²) in [6.45, 7) is 6.05. The Hall–Kier alpha value is -5.22. The zero-order valence-electron chi connectivity index (χ0n) is 26.0. The lowest BCUT2D eigenvalue weighted by molar-refractivity contribution is -0.119. The molecule has 232 valence electrons. The maximum absolute atomic E-state index is 13.3. The highest BCUT2D eigenvalue weighted by Crippen LogP contribution is 2.34. The van der Waals surface area contributed by atoms with Crippen molar-refractivity contribution in [2.24, 2.45) is 0 Å². The highest BCUT2D eigenvalue weighted by molar-refractivity contribution is 6.07. The van der Waals surface area contributed by atoms with Crippen molar-refractivity contribution < 1.29 is 19.1 Å². The molecule has 0 saturated carbocycles. The predicted molar refractivity (Wildman–Crippen MR) is 177 cm³/mol. The zero-order chi connectivity index (χ0) is 31.8. The van der Waals surface area contributed by atoms with Crippen molar-refractivity contribution >= 4 is 40.0 Å². The molecule has 2 heterocycles. The molecule has 0 radical (unpaired) electrons. The summed E-state index contributed by atoms with van der Waals surface area (Å²) in [5.41, 5.74) is 4.43. The summed E-state index contributed by atoms with van der Waals surface area (Å²) < 4.78 is 13.0. The first-order valence-corrected chi connectivity index (χ1v) is 15.0. The summed E-state index contributed by atoms with van der Waals surface area (Å²) in [5, 5.41) is 15.2. The zero-order valence-corrected chi connectivity index (χ0v) is 26.0. The number of nitrogens with zero attached hydrogens (tertiary/aromatic N) is 3. The number of hydrogen-bond acceptors (Lipinski definition) is 6. The summed E-state index contributed by atoms with van der Waals surface area (Å²) >= 11 is 0. The molecule has 0 aliphatic carbocycles. The fourth-order valence-electron chi connectivity index (χ4n) is 4.97. The van der Waals surface area contributed by atoms with E-state index in [1.165, 1.54) is 7.11 Å². The number of fused-ring (bicyclic) bond motifs is 1. The molecule has 0 spiro atoms. The van der Waals surface area contributed by atoms with Crippen LogP contribution in [0.2, 0.25) is 0 Å². The van der Waals surface area contributed by atoms with Gasteiger partial charge in [-0.2, -0.15) is 5.10 Å². The Bertz CT molecular complexity index is 1780. The summed E-state index contributed by atoms with van der Waals surface area (Å²) in [7, 11) is 1.46. The lowest BCUT2D eigenvalue weighted by Crippen LogP contribution is -2.21. The van der Waals surface area contributed by atoms with Crippen LogP contribution in [0.3, 0.4) is 0 Å². The number of benzene rings is 3. The largest absolute Gasteiger partial charge is 0.485 e. The smallest absolute Gasteiger partial charge is 0.324 e. The Morgan fingerprint density at radius 3 is 2.47 bits per heavy atom. The molecular weight excluding hydrogens is 568 g/mol. The van der Waals surface area contributed by atoms with Crippen LogP contribution >= 0.6 is 0 Å². The van der Waals surface area contributed by atoms with E-state index < -0.39 is 0 Å². The van der Waals surface area contributed by atoms with Gasteiger partial charge in [-0.25, -0.2) is 14.5 Å². The molecule has 0 aliphatic heterocycles. The van der Waals surface area contributed by atoms with Crippen LogP contribution in [0.5, 0.6) is 5.75 Å². The van der Waals surface area contributed by atoms with E-state index in [1.807, 2.05) is 86.6 Å². The van der Waals surface area contributed by atoms with Crippen molar-refractivity contribution in [3.63, 3.8) is 0 Å². The fraction of sp³-hybridized carbons (Fsp3) is 0.257. The SMILES string of the molecule is CCCCc1cc(NC(=O)Nc2ccc(OC(C)c3ccnc(NC(=O)COC)c3)c3ccccc23)n(-c2ccc(C)cc2)n1. The molecule has 10 heteroatoms. The average Bonchev–Trinajstić information content (AvgIpc) is 3.43. The number of aryl methyl sites for hydroxylation is 2. The molecule has 3 aromatic carbocycles. The molecule has 0 aliphatic rings. The van der Waals surface area contributed by atoms with E-state index in [-0.39, 0.29) is 24.6 Å². The number of ether oxygens (including phenoxy) is 2. The van der Waals surface area contributed by atoms with Crippen molar-refractivity contribution in [3.8, 4) is 11.4 Å². The fourth-order valence-corrected chi connectivity index (χ4v) is 4.97. The van der Waals surface area contributed by atoms with Gasteiger partial charge in [0, 0.05) is 30.1 Å². The molecule has 2 aromatic heterocycles. The third kappa shape index (κ3) is 7.84. The molecule has 0 saturated heterocycles. The first-order chi connectivity index (χ1) is 21.8. The van der Waals surface area contributed by atoms with Crippen molar-refractivity contribution in [3.05, 3.63) is 102 Å². The Morgan fingerprint density at radius 2 is 1.71 bits per heavy atom. The number of methoxy groups -OCH3 is 1. The number of carbonyl (C=O) groups excluding carboxylic acids is 2. The number of pyridine rings is 1. The number of nitrogens with one attached hydrogen (secondary N) is 3. The number of aromatic nitrogens is 3. The number of anilines is 3. The van der Waals surface area contributed by atoms with Crippen LogP contribution in [0.25, 0.3) is 16.5 Å². The highest BCUT2D eigenvalue weighted by atomic mass is 16.5. The number of hydrogen-bond donors (Lipinski definition) is 3. The molecule has 45 heavy (non-hydrogen) atoms. The van der Waals surface area contributed by atoms with Gasteiger partial charge in [0.25, 0.3) is 5.91 Å². The molecule has 3 N–H and O–H groups in total. The standard InChI is InChI=1S/C35H38N6O4/c1-5-6-9-26-21-33(41(40-26)27-14-12-23(2)13-15-27)39-35(43)37-30-16-17-31(29-11-8-7-10-28(29)30)45-24(3)25-18-19-36-32(20-25)38-34(42)22-44-4/h7-8,10-21,24H,5-6,9,22H2,1-4H3,(H,36,38,42)(H2,37,39,43). The first-order valence-electron chi connectivity index (χ1n) is 15.0. The molecule has 5 rings (SSSR count). The average molecular weight is 607 g/mol. The number of urea groups is 1. The van der Waals surface area contributed by atoms with Crippen LogP contribution in [0.1, 0.15) is 49.6 Å². The van der Waals surface area contributed by atoms with Gasteiger partial charge < -0.3 is 20.1 Å². The molecule has 3 amide bonds. The van der Waals surface area contributed by atoms with Gasteiger partial charge >= 0.3 is 6.03 Å². The summed E-state index contributed by atoms with van der Waals surface area (Å²) in [6.07, 6.45) is 4.19. The summed E-state index contributed by atoms with van der Waals surface area (Å²) in [5.74, 6) is 1.38. The maximum atomic E-state index is 13.3. The number of rotatable bonds is 12. The normalized spacial score (nSPS) is 11.6. The third-order valence-corrected chi connectivity index (χ3v) is 7.30. The van der Waals surface area contributed by atoms with Crippen molar-refractivity contribution in [1.29, 1.82) is 0 Å². The molecule has 5 aromatic rings. The summed E-state index contributed by atoms with van der Waals surface area (Å²) in [6, 6.07) is 24.6. The van der Waals surface area contributed by atoms with Gasteiger partial charge in [-0.1, -0.05) is 55.3 Å². The number of amides is 3. The highest BCUT2D eigenvalue weighted by Gasteiger charge is 2.16. The Labute approximate surface area is 262 Å². The van der Waals surface area contributed by atoms with Crippen molar-refractivity contribution in [2.45, 2.75) is 46.1 Å². The molecule has 0 fully saturated rings. The molecule has 1 atom stereocenters. The van der Waals surface area contributed by atoms with Gasteiger partial charge in [-0.3, -0.25) is 10.1 Å². The quantitative estimate of drug-likeness (QED) is 0.136. The van der Waals surface area contributed by atoms with Crippen LogP contribution < -0.4 is 20.7 Å². The van der Waals surface area contributed by atoms with Crippen LogP contribution in [-0.2, 0) is 16.0 Å². The molecular formula is C35H38N6O4. The van der Waals surface area contributed by atoms with Crippen molar-refractivity contribution in [2.75, 3.05) is 29.7 Å². The Kier molecular flexibility index (Phi) is 10.1. The van der Waals surface area contributed by atoms with E-state index in [0.29, 0.717) is 23.1 Å². The second-order valence-electron chi connectivity index (χ2n) is 10.8. The van der Waals surface area contributed by atoms with E-state index in [1.54, 1.807) is 16.9 Å². The van der Waals surface area contributed by atoms with E-state index >= 15 is 0 Å². The lowest BCUT2D eigenvalue weighted by atomic mass is 10.1. The van der Waals surface area contributed by atoms with Gasteiger partial charge in [-0.15, -0.1) is 0 Å². The van der Waals surface area contributed by atoms with Gasteiger partial charge in [0.15, 0.2) is 0 Å². The van der Waals surface area contributed by atoms with Gasteiger partial charge in [0.2, 0.25) is 0 Å². The third-order valence-electron chi connectivity index (χ3n) is 7.30. The van der Waals surface area contributed by atoms with Crippen LogP contribution in [0.15, 0.2) is 85.1 Å². The van der Waals surface area contributed by atoms with Gasteiger partial charge in [-0.05, 0) is 68.7 Å². The number of unbranched alkanes of at least 4 members (excludes halogenated alkanes) is 1. The van der Waals surface area contributed by atoms with Gasteiger partial charge in [0.1, 0.15) is 30.1 Å². The Balaban J connectivity index is 1.34. The van der Waals surface area contributed by atoms with Crippen LogP contribution in [0, 0.1) is 6.92 Å². The second-order valence-corrected chi connectivity index (χ2v) is 10.8. The van der Waals surface area contributed by atoms with E-state index in [2.05, 4.69) is 27.9 Å². The minimum absolute atomic E-state index is 0.0568. The predicted octanol–water partition coefficient (Wildman–Crippen LogP) is 7.44. The molecule has 10 nitrogen and oxygen atoms in total. The van der Waals surface area contributed by atoms with E-state index in [9.17, 15) is 9.59 Å². The monoisotopic (exact) mass is 606 g/mol. The Morgan fingerprint density at radius 1 is 0.933 bits per heavy atom. The minimum atomic E-state index is -0.377. The second kappa shape index (κ2) is 14.5.